The zero-order chi connectivity index (χ0) is 23.3. The number of carbonyl (C=O) groups is 1. The highest BCUT2D eigenvalue weighted by atomic mass is 32.2. The average molecular weight is 461 g/mol. The fourth-order valence-corrected chi connectivity index (χ4v) is 5.50. The molecule has 0 saturated carbocycles. The van der Waals surface area contributed by atoms with Crippen LogP contribution in [0.2, 0.25) is 0 Å². The van der Waals surface area contributed by atoms with Gasteiger partial charge in [0, 0.05) is 18.7 Å². The second-order valence-corrected chi connectivity index (χ2v) is 10.2. The van der Waals surface area contributed by atoms with Crippen molar-refractivity contribution >= 4 is 27.7 Å². The van der Waals surface area contributed by atoms with Crippen LogP contribution in [0.3, 0.4) is 0 Å². The van der Waals surface area contributed by atoms with Gasteiger partial charge in [-0.05, 0) is 67.2 Å². The summed E-state index contributed by atoms with van der Waals surface area (Å²) in [6, 6.07) is 24.5. The van der Waals surface area contributed by atoms with E-state index in [9.17, 15) is 13.2 Å². The maximum absolute atomic E-state index is 13.1. The Labute approximate surface area is 195 Å². The molecule has 0 aromatic heterocycles. The zero-order valence-corrected chi connectivity index (χ0v) is 19.5. The third-order valence-corrected chi connectivity index (χ3v) is 7.66. The summed E-state index contributed by atoms with van der Waals surface area (Å²) >= 11 is 0. The van der Waals surface area contributed by atoms with Crippen LogP contribution >= 0.6 is 0 Å². The monoisotopic (exact) mass is 460 g/mol. The number of carbonyl (C=O) groups excluding carboxylic acids is 1. The summed E-state index contributed by atoms with van der Waals surface area (Å²) in [4.78, 5) is 12.5. The Kier molecular flexibility index (Phi) is 6.94. The molecule has 1 heterocycles. The Morgan fingerprint density at radius 1 is 1.00 bits per heavy atom. The van der Waals surface area contributed by atoms with Crippen molar-refractivity contribution < 1.29 is 13.2 Å². The summed E-state index contributed by atoms with van der Waals surface area (Å²) in [7, 11) is -3.62. The van der Waals surface area contributed by atoms with Gasteiger partial charge in [0.05, 0.1) is 10.6 Å². The third kappa shape index (κ3) is 5.52. The smallest absolute Gasteiger partial charge is 0.264 e. The van der Waals surface area contributed by atoms with E-state index in [2.05, 4.69) is 17.4 Å². The van der Waals surface area contributed by atoms with E-state index in [4.69, 9.17) is 0 Å². The molecule has 0 radical (unpaired) electrons. The van der Waals surface area contributed by atoms with Crippen molar-refractivity contribution in [3.05, 3.63) is 102 Å². The van der Waals surface area contributed by atoms with Crippen LogP contribution in [-0.4, -0.2) is 26.9 Å². The molecule has 1 unspecified atom stereocenters. The molecule has 1 aliphatic rings. The molecular formula is C27H28N2O3S. The van der Waals surface area contributed by atoms with Gasteiger partial charge in [0.1, 0.15) is 0 Å². The predicted octanol–water partition coefficient (Wildman–Crippen LogP) is 4.59. The van der Waals surface area contributed by atoms with E-state index >= 15 is 0 Å². The Hall–Kier alpha value is -3.38. The van der Waals surface area contributed by atoms with E-state index < -0.39 is 10.0 Å². The lowest BCUT2D eigenvalue weighted by Gasteiger charge is -2.19. The summed E-state index contributed by atoms with van der Waals surface area (Å²) in [6.45, 7) is 2.44. The van der Waals surface area contributed by atoms with Gasteiger partial charge < -0.3 is 5.32 Å². The predicted molar refractivity (Wildman–Crippen MR) is 133 cm³/mol. The topological polar surface area (TPSA) is 66.5 Å². The zero-order valence-electron chi connectivity index (χ0n) is 18.6. The number of rotatable bonds is 8. The molecule has 0 aliphatic carbocycles. The van der Waals surface area contributed by atoms with Crippen molar-refractivity contribution in [1.82, 2.24) is 5.32 Å². The normalized spacial score (nSPS) is 14.3. The summed E-state index contributed by atoms with van der Waals surface area (Å²) in [5, 5.41) is 2.97. The molecule has 1 N–H and O–H groups in total. The highest BCUT2D eigenvalue weighted by Crippen LogP contribution is 2.32. The highest BCUT2D eigenvalue weighted by molar-refractivity contribution is 7.92. The van der Waals surface area contributed by atoms with Gasteiger partial charge in [-0.15, -0.1) is 0 Å². The number of benzene rings is 3. The van der Waals surface area contributed by atoms with Crippen LogP contribution in [0.1, 0.15) is 30.0 Å². The fraction of sp³-hybridized carbons (Fsp3) is 0.222. The lowest BCUT2D eigenvalue weighted by molar-refractivity contribution is -0.117. The summed E-state index contributed by atoms with van der Waals surface area (Å²) < 4.78 is 27.7. The van der Waals surface area contributed by atoms with E-state index in [0.29, 0.717) is 6.54 Å². The first-order valence-electron chi connectivity index (χ1n) is 11.2. The van der Waals surface area contributed by atoms with Gasteiger partial charge in [-0.2, -0.15) is 0 Å². The molecule has 170 valence electrons. The first-order valence-corrected chi connectivity index (χ1v) is 12.6. The van der Waals surface area contributed by atoms with Gasteiger partial charge in [-0.25, -0.2) is 8.42 Å². The third-order valence-electron chi connectivity index (χ3n) is 5.84. The second kappa shape index (κ2) is 10.0. The maximum atomic E-state index is 13.1. The minimum absolute atomic E-state index is 0.0539. The van der Waals surface area contributed by atoms with Crippen molar-refractivity contribution in [3.8, 4) is 0 Å². The van der Waals surface area contributed by atoms with Gasteiger partial charge >= 0.3 is 0 Å². The van der Waals surface area contributed by atoms with Crippen LogP contribution < -0.4 is 9.62 Å². The molecule has 5 nitrogen and oxygen atoms in total. The molecule has 0 fully saturated rings. The minimum Gasteiger partial charge on any atom is -0.350 e. The van der Waals surface area contributed by atoms with Gasteiger partial charge in [-0.1, -0.05) is 60.7 Å². The number of aryl methyl sites for hydroxylation is 1. The van der Waals surface area contributed by atoms with Gasteiger partial charge in [0.2, 0.25) is 5.91 Å². The SMILES string of the molecule is CC(CCc1ccccc1)NC(=O)/C=C/c1ccc(S(=O)(=O)N2CCc3ccccc32)cc1. The molecule has 4 rings (SSSR count). The summed E-state index contributed by atoms with van der Waals surface area (Å²) in [5.74, 6) is -0.166. The molecule has 1 atom stereocenters. The molecule has 1 amide bonds. The van der Waals surface area contributed by atoms with Crippen LogP contribution in [0, 0.1) is 0 Å². The first-order chi connectivity index (χ1) is 15.9. The maximum Gasteiger partial charge on any atom is 0.264 e. The molecule has 3 aromatic carbocycles. The molecule has 0 spiro atoms. The van der Waals surface area contributed by atoms with Crippen molar-refractivity contribution in [1.29, 1.82) is 0 Å². The van der Waals surface area contributed by atoms with E-state index in [1.807, 2.05) is 49.4 Å². The van der Waals surface area contributed by atoms with Crippen LogP contribution in [0.25, 0.3) is 6.08 Å². The molecule has 3 aromatic rings. The number of hydrogen-bond acceptors (Lipinski definition) is 3. The number of nitrogens with one attached hydrogen (secondary N) is 1. The Bertz CT molecular complexity index is 1240. The number of nitrogens with zero attached hydrogens (tertiary/aromatic N) is 1. The van der Waals surface area contributed by atoms with Gasteiger partial charge in [0.15, 0.2) is 0 Å². The number of anilines is 1. The van der Waals surface area contributed by atoms with Crippen LogP contribution in [-0.2, 0) is 27.7 Å². The van der Waals surface area contributed by atoms with Gasteiger partial charge in [0.25, 0.3) is 10.0 Å². The van der Waals surface area contributed by atoms with Crippen LogP contribution in [0.15, 0.2) is 89.8 Å². The molecular weight excluding hydrogens is 432 g/mol. The Morgan fingerprint density at radius 3 is 2.45 bits per heavy atom. The molecule has 0 bridgehead atoms. The lowest BCUT2D eigenvalue weighted by Crippen LogP contribution is -2.31. The van der Waals surface area contributed by atoms with Crippen LogP contribution in [0.5, 0.6) is 0 Å². The highest BCUT2D eigenvalue weighted by Gasteiger charge is 2.30. The fourth-order valence-electron chi connectivity index (χ4n) is 4.00. The van der Waals surface area contributed by atoms with Crippen LogP contribution in [0.4, 0.5) is 5.69 Å². The van der Waals surface area contributed by atoms with E-state index in [1.165, 1.54) is 15.9 Å². The standard InChI is InChI=1S/C27H28N2O3S/c1-21(11-12-22-7-3-2-4-8-22)28-27(30)18-15-23-13-16-25(17-14-23)33(31,32)29-20-19-24-9-5-6-10-26(24)29/h2-10,13-18,21H,11-12,19-20H2,1H3,(H,28,30)/b18-15+. The minimum atomic E-state index is -3.62. The molecule has 0 saturated heterocycles. The lowest BCUT2D eigenvalue weighted by atomic mass is 10.1. The van der Waals surface area contributed by atoms with E-state index in [0.717, 1.165) is 36.1 Å². The second-order valence-electron chi connectivity index (χ2n) is 8.29. The number of fused-ring (bicyclic) bond motifs is 1. The number of sulfonamides is 1. The van der Waals surface area contributed by atoms with Gasteiger partial charge in [-0.3, -0.25) is 9.10 Å². The number of para-hydroxylation sites is 1. The van der Waals surface area contributed by atoms with Crippen molar-refractivity contribution in [2.45, 2.75) is 37.1 Å². The van der Waals surface area contributed by atoms with Crippen molar-refractivity contribution in [3.63, 3.8) is 0 Å². The summed E-state index contributed by atoms with van der Waals surface area (Å²) in [6.07, 6.45) is 5.66. The molecule has 1 aliphatic heterocycles. The Morgan fingerprint density at radius 2 is 1.70 bits per heavy atom. The van der Waals surface area contributed by atoms with Crippen molar-refractivity contribution in [2.24, 2.45) is 0 Å². The van der Waals surface area contributed by atoms with Crippen molar-refractivity contribution in [2.75, 3.05) is 10.8 Å². The largest absolute Gasteiger partial charge is 0.350 e. The molecule has 6 heteroatoms. The first kappa shape index (κ1) is 22.8. The Balaban J connectivity index is 1.34. The molecule has 33 heavy (non-hydrogen) atoms. The van der Waals surface area contributed by atoms with E-state index in [1.54, 1.807) is 30.3 Å². The average Bonchev–Trinajstić information content (AvgIpc) is 3.27. The number of amides is 1. The summed E-state index contributed by atoms with van der Waals surface area (Å²) in [5.41, 5.74) is 3.81. The number of hydrogen-bond donors (Lipinski definition) is 1. The van der Waals surface area contributed by atoms with E-state index in [-0.39, 0.29) is 16.8 Å². The quantitative estimate of drug-likeness (QED) is 0.500.